The van der Waals surface area contributed by atoms with Crippen LogP contribution in [-0.2, 0) is 19.6 Å². The van der Waals surface area contributed by atoms with Crippen LogP contribution in [0, 0.1) is 20.8 Å². The predicted molar refractivity (Wildman–Crippen MR) is 170 cm³/mol. The molecule has 3 aromatic carbocycles. The van der Waals surface area contributed by atoms with Gasteiger partial charge in [-0.15, -0.1) is 0 Å². The molecule has 1 aromatic heterocycles. The number of carbonyl (C=O) groups excluding carboxylic acids is 2. The normalized spacial score (nSPS) is 12.5. The summed E-state index contributed by atoms with van der Waals surface area (Å²) in [4.78, 5) is 26.3. The fraction of sp³-hybridized carbons (Fsp3) is 0.200. The number of hydrazone groups is 1. The zero-order valence-corrected chi connectivity index (χ0v) is 26.0. The van der Waals surface area contributed by atoms with Crippen LogP contribution in [0.2, 0.25) is 5.02 Å². The summed E-state index contributed by atoms with van der Waals surface area (Å²) < 4.78 is 29.8. The zero-order valence-electron chi connectivity index (χ0n) is 24.4. The molecule has 0 fully saturated rings. The van der Waals surface area contributed by atoms with Crippen LogP contribution in [0.15, 0.2) is 76.7 Å². The largest absolute Gasteiger partial charge is 0.506 e. The Labute approximate surface area is 260 Å². The number of nitrogens with one attached hydrogen (secondary N) is 3. The number of hydrogen-bond donors (Lipinski definition) is 5. The van der Waals surface area contributed by atoms with Crippen LogP contribution in [0.1, 0.15) is 35.9 Å². The molecule has 1 heterocycles. The molecule has 44 heavy (non-hydrogen) atoms. The smallest absolute Gasteiger partial charge is 0.276 e. The number of hydrogen-bond acceptors (Lipinski definition) is 8. The molecule has 1 unspecified atom stereocenters. The van der Waals surface area contributed by atoms with Gasteiger partial charge in [-0.1, -0.05) is 48.9 Å². The Balaban J connectivity index is 1.51. The quantitative estimate of drug-likeness (QED) is 0.0749. The van der Waals surface area contributed by atoms with Gasteiger partial charge in [-0.05, 0) is 63.1 Å². The molecule has 0 aliphatic rings. The minimum atomic E-state index is -3.99. The minimum absolute atomic E-state index is 0.00362. The van der Waals surface area contributed by atoms with Crippen LogP contribution < -0.4 is 21.2 Å². The van der Waals surface area contributed by atoms with E-state index in [9.17, 15) is 23.1 Å². The van der Waals surface area contributed by atoms with Crippen molar-refractivity contribution in [1.82, 2.24) is 14.5 Å². The predicted octanol–water partition coefficient (Wildman–Crippen LogP) is 4.15. The fourth-order valence-corrected chi connectivity index (χ4v) is 6.16. The third-order valence-corrected chi connectivity index (χ3v) is 8.57. The van der Waals surface area contributed by atoms with E-state index >= 15 is 0 Å². The number of benzene rings is 3. The van der Waals surface area contributed by atoms with Gasteiger partial charge in [-0.3, -0.25) is 9.59 Å². The molecule has 4 rings (SSSR count). The molecule has 6 N–H and O–H groups in total. The molecule has 0 aliphatic heterocycles. The molecule has 1 atom stereocenters. The first-order valence-electron chi connectivity index (χ1n) is 13.5. The van der Waals surface area contributed by atoms with Gasteiger partial charge in [-0.2, -0.15) is 14.9 Å². The molecule has 0 saturated carbocycles. The van der Waals surface area contributed by atoms with Crippen LogP contribution >= 0.6 is 11.6 Å². The van der Waals surface area contributed by atoms with E-state index < -0.39 is 33.6 Å². The van der Waals surface area contributed by atoms with Crippen LogP contribution in [0.3, 0.4) is 0 Å². The van der Waals surface area contributed by atoms with E-state index in [0.717, 1.165) is 17.3 Å². The minimum Gasteiger partial charge on any atom is -0.506 e. The Morgan fingerprint density at radius 2 is 1.73 bits per heavy atom. The maximum Gasteiger partial charge on any atom is 0.276 e. The van der Waals surface area contributed by atoms with Gasteiger partial charge >= 0.3 is 0 Å². The third kappa shape index (κ3) is 6.91. The SMILES string of the molecule is CCC(NS(=O)(=O)c1cccc(C)c1)C(=O)Nc1cc(O)c(NC(=O)C(=NN)c2c(C)nn(-c3ccccc3)c2C)cc1Cl. The topological polar surface area (TPSA) is 181 Å². The Bertz CT molecular complexity index is 1860. The number of amides is 2. The number of nitrogens with two attached hydrogens (primary N) is 1. The number of aromatic hydroxyl groups is 1. The Hall–Kier alpha value is -4.72. The van der Waals surface area contributed by atoms with Gasteiger partial charge in [0.25, 0.3) is 5.91 Å². The summed E-state index contributed by atoms with van der Waals surface area (Å²) in [6.07, 6.45) is 0.134. The maximum absolute atomic E-state index is 13.3. The van der Waals surface area contributed by atoms with Gasteiger partial charge in [0, 0.05) is 6.07 Å². The number of phenols is 1. The summed E-state index contributed by atoms with van der Waals surface area (Å²) >= 11 is 6.39. The van der Waals surface area contributed by atoms with E-state index in [4.69, 9.17) is 17.4 Å². The van der Waals surface area contributed by atoms with Crippen molar-refractivity contribution >= 4 is 50.5 Å². The van der Waals surface area contributed by atoms with E-state index in [-0.39, 0.29) is 33.4 Å². The molecule has 0 bridgehead atoms. The summed E-state index contributed by atoms with van der Waals surface area (Å²) in [5.41, 5.74) is 2.89. The highest BCUT2D eigenvalue weighted by atomic mass is 35.5. The van der Waals surface area contributed by atoms with Crippen molar-refractivity contribution in [2.45, 2.75) is 45.1 Å². The molecular formula is C30H32ClN7O5S. The van der Waals surface area contributed by atoms with Crippen LogP contribution in [-0.4, -0.2) is 46.9 Å². The fourth-order valence-electron chi connectivity index (χ4n) is 4.56. The number of anilines is 2. The van der Waals surface area contributed by atoms with Crippen molar-refractivity contribution in [2.24, 2.45) is 10.9 Å². The van der Waals surface area contributed by atoms with Crippen molar-refractivity contribution in [1.29, 1.82) is 0 Å². The molecular weight excluding hydrogens is 606 g/mol. The number of halogens is 1. The molecule has 0 aliphatic carbocycles. The number of sulfonamides is 1. The summed E-state index contributed by atoms with van der Waals surface area (Å²) in [7, 11) is -3.99. The molecule has 14 heteroatoms. The summed E-state index contributed by atoms with van der Waals surface area (Å²) in [6.45, 7) is 6.90. The lowest BCUT2D eigenvalue weighted by atomic mass is 10.1. The van der Waals surface area contributed by atoms with E-state index in [2.05, 4.69) is 25.6 Å². The van der Waals surface area contributed by atoms with Gasteiger partial charge in [0.2, 0.25) is 15.9 Å². The highest BCUT2D eigenvalue weighted by Gasteiger charge is 2.27. The number of aromatic nitrogens is 2. The molecule has 0 radical (unpaired) electrons. The van der Waals surface area contributed by atoms with Gasteiger partial charge in [0.1, 0.15) is 11.8 Å². The lowest BCUT2D eigenvalue weighted by Crippen LogP contribution is -2.43. The average Bonchev–Trinajstić information content (AvgIpc) is 3.28. The van der Waals surface area contributed by atoms with Crippen molar-refractivity contribution in [3.63, 3.8) is 0 Å². The second kappa shape index (κ2) is 13.3. The lowest BCUT2D eigenvalue weighted by molar-refractivity contribution is -0.117. The highest BCUT2D eigenvalue weighted by molar-refractivity contribution is 7.89. The second-order valence-corrected chi connectivity index (χ2v) is 12.1. The van der Waals surface area contributed by atoms with Crippen molar-refractivity contribution in [3.8, 4) is 11.4 Å². The highest BCUT2D eigenvalue weighted by Crippen LogP contribution is 2.34. The van der Waals surface area contributed by atoms with Crippen molar-refractivity contribution in [3.05, 3.63) is 94.3 Å². The van der Waals surface area contributed by atoms with E-state index in [1.54, 1.807) is 44.5 Å². The monoisotopic (exact) mass is 637 g/mol. The molecule has 2 amide bonds. The summed E-state index contributed by atoms with van der Waals surface area (Å²) in [6, 6.07) is 16.9. The number of phenolic OH excluding ortho intramolecular Hbond substituents is 1. The van der Waals surface area contributed by atoms with Gasteiger partial charge < -0.3 is 21.6 Å². The molecule has 230 valence electrons. The van der Waals surface area contributed by atoms with Crippen LogP contribution in [0.4, 0.5) is 11.4 Å². The molecule has 12 nitrogen and oxygen atoms in total. The summed E-state index contributed by atoms with van der Waals surface area (Å²) in [5, 5.41) is 24.0. The third-order valence-electron chi connectivity index (χ3n) is 6.79. The number of carbonyl (C=O) groups is 2. The van der Waals surface area contributed by atoms with Crippen LogP contribution in [0.5, 0.6) is 5.75 Å². The first kappa shape index (κ1) is 32.2. The maximum atomic E-state index is 13.3. The first-order valence-corrected chi connectivity index (χ1v) is 15.4. The Morgan fingerprint density at radius 1 is 1.02 bits per heavy atom. The van der Waals surface area contributed by atoms with Crippen molar-refractivity contribution < 1.29 is 23.1 Å². The van der Waals surface area contributed by atoms with Crippen molar-refractivity contribution in [2.75, 3.05) is 10.6 Å². The number of aryl methyl sites for hydroxylation is 2. The van der Waals surface area contributed by atoms with E-state index in [1.807, 2.05) is 30.3 Å². The lowest BCUT2D eigenvalue weighted by Gasteiger charge is -2.18. The van der Waals surface area contributed by atoms with Crippen LogP contribution in [0.25, 0.3) is 5.69 Å². The summed E-state index contributed by atoms with van der Waals surface area (Å²) in [5.74, 6) is 3.78. The molecule has 0 spiro atoms. The van der Waals surface area contributed by atoms with Gasteiger partial charge in [0.15, 0.2) is 5.71 Å². The second-order valence-electron chi connectivity index (χ2n) is 9.96. The molecule has 0 saturated heterocycles. The number of nitrogens with zero attached hydrogens (tertiary/aromatic N) is 3. The number of rotatable bonds is 10. The number of para-hydroxylation sites is 1. The molecule has 4 aromatic rings. The average molecular weight is 638 g/mol. The first-order chi connectivity index (χ1) is 20.9. The standard InChI is InChI=1S/C30H32ClN7O5S/c1-5-23(37-44(42,43)21-13-9-10-17(2)14-21)29(40)33-24-16-26(39)25(15-22(24)31)34-30(41)28(35-32)27-18(3)36-38(19(27)4)20-11-7-6-8-12-20/h6-16,23,37,39H,5,32H2,1-4H3,(H,33,40)(H,34,41). The Kier molecular flexibility index (Phi) is 9.72. The van der Waals surface area contributed by atoms with E-state index in [0.29, 0.717) is 17.0 Å². The zero-order chi connectivity index (χ0) is 32.2. The Morgan fingerprint density at radius 3 is 2.36 bits per heavy atom. The van der Waals surface area contributed by atoms with E-state index in [1.165, 1.54) is 18.2 Å². The van der Waals surface area contributed by atoms with Gasteiger partial charge in [0.05, 0.1) is 43.9 Å². The van der Waals surface area contributed by atoms with Gasteiger partial charge in [-0.25, -0.2) is 13.1 Å².